The third kappa shape index (κ3) is 1.41. The van der Waals surface area contributed by atoms with E-state index in [9.17, 15) is 0 Å². The van der Waals surface area contributed by atoms with Gasteiger partial charge in [-0.05, 0) is 35.4 Å². The van der Waals surface area contributed by atoms with Crippen LogP contribution in [0.2, 0.25) is 0 Å². The summed E-state index contributed by atoms with van der Waals surface area (Å²) < 4.78 is 0. The van der Waals surface area contributed by atoms with Crippen LogP contribution in [0.1, 0.15) is 5.69 Å². The number of hydrogen-bond donors (Lipinski definition) is 1. The van der Waals surface area contributed by atoms with Gasteiger partial charge in [0.15, 0.2) is 0 Å². The van der Waals surface area contributed by atoms with Crippen molar-refractivity contribution in [2.45, 2.75) is 6.92 Å². The molecule has 0 aliphatic carbocycles. The van der Waals surface area contributed by atoms with Crippen molar-refractivity contribution < 1.29 is 0 Å². The zero-order chi connectivity index (χ0) is 11.0. The second-order valence-electron chi connectivity index (χ2n) is 4.08. The van der Waals surface area contributed by atoms with Gasteiger partial charge in [-0.2, -0.15) is 0 Å². The number of aromatic nitrogens is 1. The summed E-state index contributed by atoms with van der Waals surface area (Å²) in [5.41, 5.74) is 3.78. The summed E-state index contributed by atoms with van der Waals surface area (Å²) in [5.74, 6) is 0. The van der Waals surface area contributed by atoms with Gasteiger partial charge >= 0.3 is 0 Å². The maximum atomic E-state index is 3.22. The minimum absolute atomic E-state index is 1.22. The predicted molar refractivity (Wildman–Crippen MR) is 68.5 cm³/mol. The number of H-pyrrole nitrogens is 1. The third-order valence-corrected chi connectivity index (χ3v) is 3.01. The predicted octanol–water partition coefficient (Wildman–Crippen LogP) is 4.14. The summed E-state index contributed by atoms with van der Waals surface area (Å²) in [4.78, 5) is 3.22. The molecule has 1 nitrogen and oxygen atoms in total. The van der Waals surface area contributed by atoms with Gasteiger partial charge in [-0.15, -0.1) is 0 Å². The Morgan fingerprint density at radius 2 is 1.69 bits per heavy atom. The van der Waals surface area contributed by atoms with Crippen molar-refractivity contribution in [1.29, 1.82) is 0 Å². The fourth-order valence-electron chi connectivity index (χ4n) is 2.12. The average Bonchev–Trinajstić information content (AvgIpc) is 2.75. The van der Waals surface area contributed by atoms with Crippen LogP contribution >= 0.6 is 0 Å². The Morgan fingerprint density at radius 3 is 2.44 bits per heavy atom. The number of hydrogen-bond acceptors (Lipinski definition) is 0. The highest BCUT2D eigenvalue weighted by Gasteiger charge is 2.02. The molecule has 0 bridgehead atoms. The highest BCUT2D eigenvalue weighted by molar-refractivity contribution is 5.87. The van der Waals surface area contributed by atoms with Gasteiger partial charge in [-0.3, -0.25) is 0 Å². The third-order valence-electron chi connectivity index (χ3n) is 3.01. The van der Waals surface area contributed by atoms with Gasteiger partial charge < -0.3 is 4.98 Å². The fraction of sp³-hybridized carbons (Fsp3) is 0.0667. The van der Waals surface area contributed by atoms with Crippen molar-refractivity contribution in [2.24, 2.45) is 0 Å². The first-order chi connectivity index (χ1) is 7.84. The van der Waals surface area contributed by atoms with Crippen LogP contribution in [0, 0.1) is 6.92 Å². The van der Waals surface area contributed by atoms with E-state index in [1.807, 2.05) is 6.20 Å². The maximum absolute atomic E-state index is 3.22. The van der Waals surface area contributed by atoms with Gasteiger partial charge in [0, 0.05) is 17.5 Å². The molecule has 0 saturated carbocycles. The van der Waals surface area contributed by atoms with E-state index in [2.05, 4.69) is 60.4 Å². The van der Waals surface area contributed by atoms with E-state index in [0.717, 1.165) is 0 Å². The summed E-state index contributed by atoms with van der Waals surface area (Å²) in [5, 5.41) is 2.58. The molecule has 1 heteroatoms. The van der Waals surface area contributed by atoms with Crippen LogP contribution < -0.4 is 0 Å². The largest absolute Gasteiger partial charge is 0.365 e. The molecule has 78 valence electrons. The van der Waals surface area contributed by atoms with Crippen LogP contribution in [0.5, 0.6) is 0 Å². The van der Waals surface area contributed by atoms with Crippen molar-refractivity contribution >= 4 is 10.8 Å². The quantitative estimate of drug-likeness (QED) is 0.617. The Balaban J connectivity index is 2.23. The van der Waals surface area contributed by atoms with Crippen molar-refractivity contribution in [1.82, 2.24) is 4.98 Å². The average molecular weight is 207 g/mol. The highest BCUT2D eigenvalue weighted by Crippen LogP contribution is 2.26. The molecule has 0 spiro atoms. The molecule has 0 radical (unpaired) electrons. The summed E-state index contributed by atoms with van der Waals surface area (Å²) in [6.45, 7) is 2.10. The Labute approximate surface area is 94.7 Å². The highest BCUT2D eigenvalue weighted by atomic mass is 14.7. The van der Waals surface area contributed by atoms with E-state index >= 15 is 0 Å². The molecule has 0 aliphatic rings. The van der Waals surface area contributed by atoms with E-state index in [4.69, 9.17) is 0 Å². The molecule has 0 unspecified atom stereocenters. The molecule has 1 aromatic heterocycles. The second kappa shape index (κ2) is 3.53. The zero-order valence-electron chi connectivity index (χ0n) is 9.20. The molecule has 3 rings (SSSR count). The molecule has 0 aliphatic heterocycles. The molecule has 1 heterocycles. The summed E-state index contributed by atoms with van der Waals surface area (Å²) in [7, 11) is 0. The first-order valence-corrected chi connectivity index (χ1v) is 5.48. The Morgan fingerprint density at radius 1 is 0.875 bits per heavy atom. The molecule has 0 saturated heterocycles. The zero-order valence-corrected chi connectivity index (χ0v) is 9.20. The monoisotopic (exact) mass is 207 g/mol. The topological polar surface area (TPSA) is 15.8 Å². The molecule has 0 fully saturated rings. The van der Waals surface area contributed by atoms with Gasteiger partial charge in [0.2, 0.25) is 0 Å². The van der Waals surface area contributed by atoms with Gasteiger partial charge in [-0.1, -0.05) is 36.4 Å². The lowest BCUT2D eigenvalue weighted by Gasteiger charge is -2.03. The molecule has 0 atom stereocenters. The number of aryl methyl sites for hydroxylation is 1. The van der Waals surface area contributed by atoms with Gasteiger partial charge in [0.25, 0.3) is 0 Å². The Kier molecular flexibility index (Phi) is 2.03. The van der Waals surface area contributed by atoms with Crippen molar-refractivity contribution in [3.8, 4) is 11.1 Å². The lowest BCUT2D eigenvalue weighted by molar-refractivity contribution is 1.27. The van der Waals surface area contributed by atoms with E-state index < -0.39 is 0 Å². The van der Waals surface area contributed by atoms with Crippen LogP contribution in [-0.2, 0) is 0 Å². The SMILES string of the molecule is Cc1[nH]ccc1-c1ccc2ccccc2c1. The summed E-state index contributed by atoms with van der Waals surface area (Å²) in [6.07, 6.45) is 1.99. The van der Waals surface area contributed by atoms with Crippen LogP contribution in [-0.4, -0.2) is 4.98 Å². The van der Waals surface area contributed by atoms with Crippen LogP contribution in [0.25, 0.3) is 21.9 Å². The van der Waals surface area contributed by atoms with Crippen LogP contribution in [0.15, 0.2) is 54.7 Å². The van der Waals surface area contributed by atoms with Gasteiger partial charge in [-0.25, -0.2) is 0 Å². The normalized spacial score (nSPS) is 10.8. The minimum atomic E-state index is 1.22. The molecule has 2 aromatic carbocycles. The molecule has 3 aromatic rings. The molecule has 16 heavy (non-hydrogen) atoms. The smallest absolute Gasteiger partial charge is 0.0195 e. The fourth-order valence-corrected chi connectivity index (χ4v) is 2.12. The van der Waals surface area contributed by atoms with Crippen molar-refractivity contribution in [3.63, 3.8) is 0 Å². The summed E-state index contributed by atoms with van der Waals surface area (Å²) in [6, 6.07) is 17.2. The van der Waals surface area contributed by atoms with Crippen molar-refractivity contribution in [3.05, 3.63) is 60.4 Å². The number of rotatable bonds is 1. The van der Waals surface area contributed by atoms with Crippen LogP contribution in [0.3, 0.4) is 0 Å². The Bertz CT molecular complexity index is 634. The van der Waals surface area contributed by atoms with E-state index in [-0.39, 0.29) is 0 Å². The standard InChI is InChI=1S/C15H13N/c1-11-15(8-9-16-11)14-7-6-12-4-2-3-5-13(12)10-14/h2-10,16H,1H3. The lowest BCUT2D eigenvalue weighted by Crippen LogP contribution is -1.79. The van der Waals surface area contributed by atoms with E-state index in [1.165, 1.54) is 27.6 Å². The Hall–Kier alpha value is -2.02. The molecular formula is C15H13N. The first-order valence-electron chi connectivity index (χ1n) is 5.48. The van der Waals surface area contributed by atoms with E-state index in [1.54, 1.807) is 0 Å². The number of nitrogens with one attached hydrogen (secondary N) is 1. The number of aromatic amines is 1. The van der Waals surface area contributed by atoms with Gasteiger partial charge in [0.05, 0.1) is 0 Å². The van der Waals surface area contributed by atoms with Crippen LogP contribution in [0.4, 0.5) is 0 Å². The lowest BCUT2D eigenvalue weighted by atomic mass is 10.0. The number of fused-ring (bicyclic) bond motifs is 1. The molecule has 1 N–H and O–H groups in total. The van der Waals surface area contributed by atoms with Crippen molar-refractivity contribution in [2.75, 3.05) is 0 Å². The molecule has 0 amide bonds. The second-order valence-corrected chi connectivity index (χ2v) is 4.08. The number of benzene rings is 2. The summed E-state index contributed by atoms with van der Waals surface area (Å²) >= 11 is 0. The van der Waals surface area contributed by atoms with Gasteiger partial charge in [0.1, 0.15) is 0 Å². The minimum Gasteiger partial charge on any atom is -0.365 e. The maximum Gasteiger partial charge on any atom is 0.0195 e. The first kappa shape index (κ1) is 9.22. The molecular weight excluding hydrogens is 194 g/mol. The van der Waals surface area contributed by atoms with E-state index in [0.29, 0.717) is 0 Å².